The van der Waals surface area contributed by atoms with Crippen molar-refractivity contribution in [2.75, 3.05) is 13.1 Å². The van der Waals surface area contributed by atoms with E-state index < -0.39 is 0 Å². The zero-order chi connectivity index (χ0) is 15.2. The maximum Gasteiger partial charge on any atom is 0.253 e. The van der Waals surface area contributed by atoms with Crippen LogP contribution in [0.25, 0.3) is 0 Å². The van der Waals surface area contributed by atoms with Gasteiger partial charge in [-0.25, -0.2) is 0 Å². The summed E-state index contributed by atoms with van der Waals surface area (Å²) in [5.41, 5.74) is 2.76. The summed E-state index contributed by atoms with van der Waals surface area (Å²) in [5.74, 6) is 0.0670. The van der Waals surface area contributed by atoms with Crippen LogP contribution in [0.5, 0.6) is 0 Å². The molecule has 1 amide bonds. The monoisotopic (exact) mass is 301 g/mol. The normalized spacial score (nSPS) is 12.0. The SMILES string of the molecule is CCN(CC)C(=O)c1ccc(C(Cl)c2ccccc2)cc1. The van der Waals surface area contributed by atoms with E-state index in [1.54, 1.807) is 0 Å². The molecule has 2 aromatic rings. The van der Waals surface area contributed by atoms with Crippen LogP contribution in [0.3, 0.4) is 0 Å². The van der Waals surface area contributed by atoms with Crippen LogP contribution in [0, 0.1) is 0 Å². The molecule has 1 atom stereocenters. The van der Waals surface area contributed by atoms with Crippen molar-refractivity contribution < 1.29 is 4.79 Å². The molecule has 0 aromatic heterocycles. The molecule has 0 radical (unpaired) electrons. The third kappa shape index (κ3) is 3.64. The molecule has 0 saturated heterocycles. The van der Waals surface area contributed by atoms with Gasteiger partial charge in [-0.2, -0.15) is 0 Å². The highest BCUT2D eigenvalue weighted by molar-refractivity contribution is 6.22. The maximum atomic E-state index is 12.3. The van der Waals surface area contributed by atoms with E-state index in [9.17, 15) is 4.79 Å². The van der Waals surface area contributed by atoms with E-state index in [1.165, 1.54) is 0 Å². The van der Waals surface area contributed by atoms with Crippen molar-refractivity contribution in [3.05, 3.63) is 71.3 Å². The first-order chi connectivity index (χ1) is 10.2. The molecule has 0 aliphatic rings. The number of benzene rings is 2. The number of nitrogens with zero attached hydrogens (tertiary/aromatic N) is 1. The molecule has 0 aliphatic heterocycles. The highest BCUT2D eigenvalue weighted by Crippen LogP contribution is 2.28. The van der Waals surface area contributed by atoms with Crippen LogP contribution in [-0.4, -0.2) is 23.9 Å². The Morgan fingerprint density at radius 2 is 1.48 bits per heavy atom. The zero-order valence-electron chi connectivity index (χ0n) is 12.4. The molecule has 0 bridgehead atoms. The molecule has 0 aliphatic carbocycles. The second-order valence-corrected chi connectivity index (χ2v) is 5.31. The minimum Gasteiger partial charge on any atom is -0.339 e. The van der Waals surface area contributed by atoms with Crippen molar-refractivity contribution in [1.29, 1.82) is 0 Å². The predicted octanol–water partition coefficient (Wildman–Crippen LogP) is 4.50. The van der Waals surface area contributed by atoms with Crippen LogP contribution in [0.4, 0.5) is 0 Å². The first-order valence-electron chi connectivity index (χ1n) is 7.25. The first kappa shape index (κ1) is 15.6. The average molecular weight is 302 g/mol. The molecular formula is C18H20ClNO. The molecule has 1 unspecified atom stereocenters. The van der Waals surface area contributed by atoms with Gasteiger partial charge in [0, 0.05) is 18.7 Å². The molecule has 0 N–H and O–H groups in total. The van der Waals surface area contributed by atoms with Gasteiger partial charge in [0.1, 0.15) is 0 Å². The van der Waals surface area contributed by atoms with E-state index in [0.717, 1.165) is 24.2 Å². The van der Waals surface area contributed by atoms with Crippen molar-refractivity contribution in [3.63, 3.8) is 0 Å². The lowest BCUT2D eigenvalue weighted by Crippen LogP contribution is -2.30. The summed E-state index contributed by atoms with van der Waals surface area (Å²) in [5, 5.41) is -0.191. The molecule has 0 heterocycles. The molecule has 2 aromatic carbocycles. The second kappa shape index (κ2) is 7.28. The van der Waals surface area contributed by atoms with Crippen LogP contribution in [0.1, 0.15) is 40.7 Å². The van der Waals surface area contributed by atoms with Gasteiger partial charge >= 0.3 is 0 Å². The third-order valence-corrected chi connectivity index (χ3v) is 4.10. The lowest BCUT2D eigenvalue weighted by atomic mass is 10.0. The van der Waals surface area contributed by atoms with Crippen LogP contribution in [0.15, 0.2) is 54.6 Å². The summed E-state index contributed by atoms with van der Waals surface area (Å²) >= 11 is 6.49. The highest BCUT2D eigenvalue weighted by Gasteiger charge is 2.14. The van der Waals surface area contributed by atoms with Gasteiger partial charge in [-0.1, -0.05) is 42.5 Å². The van der Waals surface area contributed by atoms with Crippen LogP contribution in [-0.2, 0) is 0 Å². The summed E-state index contributed by atoms with van der Waals surface area (Å²) in [7, 11) is 0. The van der Waals surface area contributed by atoms with Gasteiger partial charge in [0.25, 0.3) is 5.91 Å². The van der Waals surface area contributed by atoms with E-state index >= 15 is 0 Å². The number of halogens is 1. The zero-order valence-corrected chi connectivity index (χ0v) is 13.2. The standard InChI is InChI=1S/C18H20ClNO/c1-3-20(4-2)18(21)16-12-10-15(11-13-16)17(19)14-8-6-5-7-9-14/h5-13,17H,3-4H2,1-2H3. The van der Waals surface area contributed by atoms with Crippen LogP contribution < -0.4 is 0 Å². The summed E-state index contributed by atoms with van der Waals surface area (Å²) in [6, 6.07) is 17.5. The molecule has 2 nitrogen and oxygen atoms in total. The van der Waals surface area contributed by atoms with E-state index in [4.69, 9.17) is 11.6 Å². The number of carbonyl (C=O) groups is 1. The predicted molar refractivity (Wildman–Crippen MR) is 87.8 cm³/mol. The fourth-order valence-corrected chi connectivity index (χ4v) is 2.59. The fraction of sp³-hybridized carbons (Fsp3) is 0.278. The number of rotatable bonds is 5. The molecule has 110 valence electrons. The maximum absolute atomic E-state index is 12.3. The van der Waals surface area contributed by atoms with Gasteiger partial charge < -0.3 is 4.90 Å². The Balaban J connectivity index is 2.17. The van der Waals surface area contributed by atoms with Gasteiger partial charge in [0.15, 0.2) is 0 Å². The van der Waals surface area contributed by atoms with Crippen LogP contribution in [0.2, 0.25) is 0 Å². The average Bonchev–Trinajstić information content (AvgIpc) is 2.56. The van der Waals surface area contributed by atoms with Gasteiger partial charge in [-0.3, -0.25) is 4.79 Å². The van der Waals surface area contributed by atoms with Crippen molar-refractivity contribution in [2.45, 2.75) is 19.2 Å². The third-order valence-electron chi connectivity index (χ3n) is 3.59. The van der Waals surface area contributed by atoms with E-state index in [2.05, 4.69) is 0 Å². The Morgan fingerprint density at radius 1 is 0.952 bits per heavy atom. The summed E-state index contributed by atoms with van der Waals surface area (Å²) < 4.78 is 0. The van der Waals surface area contributed by atoms with Gasteiger partial charge in [0.2, 0.25) is 0 Å². The summed E-state index contributed by atoms with van der Waals surface area (Å²) in [4.78, 5) is 14.1. The minimum atomic E-state index is -0.191. The molecule has 0 spiro atoms. The number of alkyl halides is 1. The minimum absolute atomic E-state index is 0.0670. The fourth-order valence-electron chi connectivity index (χ4n) is 2.30. The smallest absolute Gasteiger partial charge is 0.253 e. The number of carbonyl (C=O) groups excluding carboxylic acids is 1. The molecular weight excluding hydrogens is 282 g/mol. The second-order valence-electron chi connectivity index (χ2n) is 4.87. The quantitative estimate of drug-likeness (QED) is 0.745. The lowest BCUT2D eigenvalue weighted by molar-refractivity contribution is 0.0773. The number of hydrogen-bond acceptors (Lipinski definition) is 1. The lowest BCUT2D eigenvalue weighted by Gasteiger charge is -2.19. The van der Waals surface area contributed by atoms with E-state index in [-0.39, 0.29) is 11.3 Å². The highest BCUT2D eigenvalue weighted by atomic mass is 35.5. The van der Waals surface area contributed by atoms with Crippen LogP contribution >= 0.6 is 11.6 Å². The molecule has 2 rings (SSSR count). The first-order valence-corrected chi connectivity index (χ1v) is 7.69. The molecule has 3 heteroatoms. The van der Waals surface area contributed by atoms with Gasteiger partial charge in [-0.15, -0.1) is 11.6 Å². The largest absolute Gasteiger partial charge is 0.339 e. The Morgan fingerprint density at radius 3 is 2.00 bits per heavy atom. The summed E-state index contributed by atoms with van der Waals surface area (Å²) in [6.45, 7) is 5.42. The van der Waals surface area contributed by atoms with E-state index in [1.807, 2.05) is 73.3 Å². The van der Waals surface area contributed by atoms with Crippen molar-refractivity contribution in [3.8, 4) is 0 Å². The Labute approximate surface area is 131 Å². The summed E-state index contributed by atoms with van der Waals surface area (Å²) in [6.07, 6.45) is 0. The van der Waals surface area contributed by atoms with Crippen molar-refractivity contribution >= 4 is 17.5 Å². The van der Waals surface area contributed by atoms with E-state index in [0.29, 0.717) is 5.56 Å². The van der Waals surface area contributed by atoms with Crippen molar-refractivity contribution in [2.24, 2.45) is 0 Å². The van der Waals surface area contributed by atoms with Crippen molar-refractivity contribution in [1.82, 2.24) is 4.90 Å². The molecule has 21 heavy (non-hydrogen) atoms. The number of hydrogen-bond donors (Lipinski definition) is 0. The molecule has 0 saturated carbocycles. The molecule has 0 fully saturated rings. The Bertz CT molecular complexity index is 576. The van der Waals surface area contributed by atoms with Gasteiger partial charge in [-0.05, 0) is 37.1 Å². The van der Waals surface area contributed by atoms with Gasteiger partial charge in [0.05, 0.1) is 5.38 Å². The number of amides is 1. The topological polar surface area (TPSA) is 20.3 Å². The Kier molecular flexibility index (Phi) is 5.40. The Hall–Kier alpha value is -1.80.